The second-order valence-electron chi connectivity index (χ2n) is 2.72. The highest BCUT2D eigenvalue weighted by Gasteiger charge is 2.08. The Morgan fingerprint density at radius 2 is 2.43 bits per heavy atom. The number of esters is 1. The van der Waals surface area contributed by atoms with Gasteiger partial charge in [0.25, 0.3) is 0 Å². The molecule has 0 bridgehead atoms. The first-order valence-electron chi connectivity index (χ1n) is 4.48. The number of carbonyl (C=O) groups is 1. The molecule has 1 rings (SSSR count). The van der Waals surface area contributed by atoms with Gasteiger partial charge in [0, 0.05) is 0 Å². The minimum atomic E-state index is -0.295. The zero-order valence-corrected chi connectivity index (χ0v) is 9.13. The summed E-state index contributed by atoms with van der Waals surface area (Å²) in [6.45, 7) is 4.23. The molecule has 0 aliphatic rings. The first kappa shape index (κ1) is 10.9. The van der Waals surface area contributed by atoms with E-state index in [-0.39, 0.29) is 5.97 Å². The van der Waals surface area contributed by atoms with E-state index in [2.05, 4.69) is 4.98 Å². The molecule has 1 aromatic heterocycles. The van der Waals surface area contributed by atoms with E-state index in [4.69, 9.17) is 4.74 Å². The van der Waals surface area contributed by atoms with Gasteiger partial charge < -0.3 is 4.74 Å². The zero-order valence-electron chi connectivity index (χ0n) is 8.32. The normalized spacial score (nSPS) is 10.7. The maximum atomic E-state index is 11.3. The Morgan fingerprint density at radius 3 is 3.00 bits per heavy atom. The molecule has 0 saturated carbocycles. The maximum absolute atomic E-state index is 11.3. The molecular formula is C10H13NO2S. The molecule has 0 unspecified atom stereocenters. The molecule has 14 heavy (non-hydrogen) atoms. The van der Waals surface area contributed by atoms with Gasteiger partial charge in [-0.25, -0.2) is 9.78 Å². The van der Waals surface area contributed by atoms with Crippen LogP contribution in [-0.2, 0) is 4.74 Å². The molecule has 0 aliphatic carbocycles. The van der Waals surface area contributed by atoms with Crippen LogP contribution in [0.3, 0.4) is 0 Å². The predicted octanol–water partition coefficient (Wildman–Crippen LogP) is 2.57. The van der Waals surface area contributed by atoms with Crippen LogP contribution in [0.4, 0.5) is 0 Å². The molecular weight excluding hydrogens is 198 g/mol. The first-order valence-corrected chi connectivity index (χ1v) is 5.30. The van der Waals surface area contributed by atoms with Gasteiger partial charge in [0.1, 0.15) is 11.5 Å². The highest BCUT2D eigenvalue weighted by molar-refractivity contribution is 7.13. The number of ether oxygens (including phenoxy) is 1. The highest BCUT2D eigenvalue weighted by atomic mass is 32.1. The number of aromatic nitrogens is 1. The van der Waals surface area contributed by atoms with Crippen molar-refractivity contribution in [3.8, 4) is 0 Å². The maximum Gasteiger partial charge on any atom is 0.350 e. The summed E-state index contributed by atoms with van der Waals surface area (Å²) in [5.41, 5.74) is 0. The van der Waals surface area contributed by atoms with Crippen LogP contribution in [0.5, 0.6) is 0 Å². The van der Waals surface area contributed by atoms with E-state index in [0.717, 1.165) is 11.4 Å². The number of hydrogen-bond acceptors (Lipinski definition) is 4. The summed E-state index contributed by atoms with van der Waals surface area (Å²) in [4.78, 5) is 15.9. The second kappa shape index (κ2) is 5.54. The Bertz CT molecular complexity index is 331. The third-order valence-corrected chi connectivity index (χ3v) is 2.43. The molecule has 0 N–H and O–H groups in total. The number of hydrogen-bond donors (Lipinski definition) is 0. The van der Waals surface area contributed by atoms with Crippen LogP contribution >= 0.6 is 11.3 Å². The van der Waals surface area contributed by atoms with Crippen LogP contribution < -0.4 is 0 Å². The van der Waals surface area contributed by atoms with E-state index in [1.165, 1.54) is 11.3 Å². The Balaban J connectivity index is 2.39. The number of nitrogens with zero attached hydrogens (tertiary/aromatic N) is 1. The summed E-state index contributed by atoms with van der Waals surface area (Å²) < 4.78 is 4.99. The minimum Gasteiger partial charge on any atom is -0.457 e. The molecule has 0 spiro atoms. The van der Waals surface area contributed by atoms with Gasteiger partial charge in [-0.3, -0.25) is 0 Å². The van der Waals surface area contributed by atoms with Gasteiger partial charge in [-0.15, -0.1) is 11.3 Å². The van der Waals surface area contributed by atoms with Crippen molar-refractivity contribution in [2.45, 2.75) is 20.3 Å². The van der Waals surface area contributed by atoms with E-state index >= 15 is 0 Å². The number of thiazole rings is 1. The molecule has 3 nitrogen and oxygen atoms in total. The van der Waals surface area contributed by atoms with E-state index in [0.29, 0.717) is 11.5 Å². The van der Waals surface area contributed by atoms with Crippen LogP contribution in [0, 0.1) is 6.92 Å². The van der Waals surface area contributed by atoms with Crippen molar-refractivity contribution < 1.29 is 9.53 Å². The molecule has 4 heteroatoms. The summed E-state index contributed by atoms with van der Waals surface area (Å²) in [6.07, 6.45) is 6.31. The lowest BCUT2D eigenvalue weighted by molar-refractivity contribution is 0.0555. The number of carbonyl (C=O) groups excluding carboxylic acids is 1. The molecule has 0 atom stereocenters. The highest BCUT2D eigenvalue weighted by Crippen LogP contribution is 2.12. The quantitative estimate of drug-likeness (QED) is 0.567. The number of allylic oxidation sites excluding steroid dienone is 1. The van der Waals surface area contributed by atoms with Crippen molar-refractivity contribution in [3.63, 3.8) is 0 Å². The molecule has 1 aromatic rings. The lowest BCUT2D eigenvalue weighted by Gasteiger charge is -1.97. The van der Waals surface area contributed by atoms with Crippen LogP contribution in [0.2, 0.25) is 0 Å². The molecule has 0 fully saturated rings. The lowest BCUT2D eigenvalue weighted by Crippen LogP contribution is -2.02. The third-order valence-electron chi connectivity index (χ3n) is 1.54. The summed E-state index contributed by atoms with van der Waals surface area (Å²) in [6, 6.07) is 0. The SMILES string of the molecule is CC/C=C/COC(=O)c1cnc(C)s1. The monoisotopic (exact) mass is 211 g/mol. The summed E-state index contributed by atoms with van der Waals surface area (Å²) in [5.74, 6) is -0.295. The van der Waals surface area contributed by atoms with E-state index < -0.39 is 0 Å². The second-order valence-corrected chi connectivity index (χ2v) is 3.96. The van der Waals surface area contributed by atoms with Crippen LogP contribution in [0.25, 0.3) is 0 Å². The van der Waals surface area contributed by atoms with Crippen molar-refractivity contribution in [1.82, 2.24) is 4.98 Å². The molecule has 0 saturated heterocycles. The van der Waals surface area contributed by atoms with Crippen molar-refractivity contribution in [1.29, 1.82) is 0 Å². The van der Waals surface area contributed by atoms with Gasteiger partial charge in [0.2, 0.25) is 0 Å². The fourth-order valence-electron chi connectivity index (χ4n) is 0.885. The summed E-state index contributed by atoms with van der Waals surface area (Å²) >= 11 is 1.35. The van der Waals surface area contributed by atoms with Gasteiger partial charge in [-0.05, 0) is 13.3 Å². The van der Waals surface area contributed by atoms with Gasteiger partial charge in [0.05, 0.1) is 11.2 Å². The first-order chi connectivity index (χ1) is 6.74. The van der Waals surface area contributed by atoms with E-state index in [9.17, 15) is 4.79 Å². The van der Waals surface area contributed by atoms with Crippen molar-refractivity contribution in [2.24, 2.45) is 0 Å². The molecule has 0 aliphatic heterocycles. The zero-order chi connectivity index (χ0) is 10.4. The van der Waals surface area contributed by atoms with Gasteiger partial charge in [-0.2, -0.15) is 0 Å². The van der Waals surface area contributed by atoms with Crippen molar-refractivity contribution in [3.05, 3.63) is 28.2 Å². The van der Waals surface area contributed by atoms with Crippen molar-refractivity contribution in [2.75, 3.05) is 6.61 Å². The Morgan fingerprint density at radius 1 is 1.64 bits per heavy atom. The smallest absolute Gasteiger partial charge is 0.350 e. The third kappa shape index (κ3) is 3.30. The molecule has 0 radical (unpaired) electrons. The molecule has 1 heterocycles. The predicted molar refractivity (Wildman–Crippen MR) is 56.6 cm³/mol. The minimum absolute atomic E-state index is 0.295. The average molecular weight is 211 g/mol. The Labute approximate surface area is 87.4 Å². The van der Waals surface area contributed by atoms with Crippen molar-refractivity contribution >= 4 is 17.3 Å². The standard InChI is InChI=1S/C10H13NO2S/c1-3-4-5-6-13-10(12)9-7-11-8(2)14-9/h4-5,7H,3,6H2,1-2H3/b5-4+. The summed E-state index contributed by atoms with van der Waals surface area (Å²) in [7, 11) is 0. The van der Waals surface area contributed by atoms with E-state index in [1.54, 1.807) is 6.20 Å². The van der Waals surface area contributed by atoms with Gasteiger partial charge in [-0.1, -0.05) is 19.1 Å². The van der Waals surface area contributed by atoms with E-state index in [1.807, 2.05) is 26.0 Å². The molecule has 0 amide bonds. The number of rotatable bonds is 4. The molecule has 76 valence electrons. The Kier molecular flexibility index (Phi) is 4.32. The Hall–Kier alpha value is -1.16. The van der Waals surface area contributed by atoms with Crippen LogP contribution in [-0.4, -0.2) is 17.6 Å². The summed E-state index contributed by atoms with van der Waals surface area (Å²) in [5, 5.41) is 0.876. The van der Waals surface area contributed by atoms with Gasteiger partial charge >= 0.3 is 5.97 Å². The fourth-order valence-corrected chi connectivity index (χ4v) is 1.56. The van der Waals surface area contributed by atoms with Crippen LogP contribution in [0.1, 0.15) is 28.0 Å². The fraction of sp³-hybridized carbons (Fsp3) is 0.400. The van der Waals surface area contributed by atoms with Gasteiger partial charge in [0.15, 0.2) is 0 Å². The molecule has 0 aromatic carbocycles. The van der Waals surface area contributed by atoms with Crippen LogP contribution in [0.15, 0.2) is 18.3 Å². The average Bonchev–Trinajstić information content (AvgIpc) is 2.59. The number of aryl methyl sites for hydroxylation is 1. The lowest BCUT2D eigenvalue weighted by atomic mass is 10.4. The topological polar surface area (TPSA) is 39.2 Å². The largest absolute Gasteiger partial charge is 0.457 e.